The molecule has 4 fully saturated rings. The monoisotopic (exact) mass is 522 g/mol. The second-order valence-corrected chi connectivity index (χ2v) is 12.2. The van der Waals surface area contributed by atoms with Gasteiger partial charge >= 0.3 is 6.09 Å². The average molecular weight is 523 g/mol. The lowest BCUT2D eigenvalue weighted by Gasteiger charge is -2.61. The van der Waals surface area contributed by atoms with Crippen LogP contribution in [-0.2, 0) is 11.3 Å². The topological polar surface area (TPSA) is 112 Å². The van der Waals surface area contributed by atoms with Gasteiger partial charge in [-0.05, 0) is 88.2 Å². The van der Waals surface area contributed by atoms with Gasteiger partial charge < -0.3 is 20.7 Å². The van der Waals surface area contributed by atoms with Gasteiger partial charge in [-0.15, -0.1) is 0 Å². The zero-order chi connectivity index (χ0) is 26.2. The van der Waals surface area contributed by atoms with Crippen molar-refractivity contribution in [3.05, 3.63) is 46.6 Å². The highest BCUT2D eigenvalue weighted by atomic mass is 35.5. The number of nitrogens with one attached hydrogen (secondary N) is 3. The number of rotatable bonds is 7. The fourth-order valence-corrected chi connectivity index (χ4v) is 6.99. The summed E-state index contributed by atoms with van der Waals surface area (Å²) in [7, 11) is 0. The number of hydrogen-bond donors (Lipinski definition) is 3. The van der Waals surface area contributed by atoms with Crippen LogP contribution in [0.25, 0.3) is 0 Å². The molecule has 1 heterocycles. The van der Waals surface area contributed by atoms with Gasteiger partial charge in [0.1, 0.15) is 23.1 Å². The second kappa shape index (κ2) is 10.0. The van der Waals surface area contributed by atoms with Crippen LogP contribution in [-0.4, -0.2) is 33.7 Å². The van der Waals surface area contributed by atoms with Gasteiger partial charge in [0.15, 0.2) is 0 Å². The Morgan fingerprint density at radius 2 is 1.81 bits per heavy atom. The van der Waals surface area contributed by atoms with Crippen LogP contribution in [0.5, 0.6) is 0 Å². The van der Waals surface area contributed by atoms with Gasteiger partial charge in [0.05, 0.1) is 11.7 Å². The Hall–Kier alpha value is -3.05. The predicted octanol–water partition coefficient (Wildman–Crippen LogP) is 5.75. The molecular weight excluding hydrogens is 488 g/mol. The molecule has 37 heavy (non-hydrogen) atoms. The van der Waals surface area contributed by atoms with Crippen molar-refractivity contribution >= 4 is 29.5 Å². The van der Waals surface area contributed by atoms with Gasteiger partial charge in [-0.1, -0.05) is 29.8 Å². The van der Waals surface area contributed by atoms with Gasteiger partial charge in [-0.2, -0.15) is 10.2 Å². The third kappa shape index (κ3) is 5.47. The second-order valence-electron chi connectivity index (χ2n) is 11.8. The Kier molecular flexibility index (Phi) is 6.93. The molecule has 0 radical (unpaired) electrons. The summed E-state index contributed by atoms with van der Waals surface area (Å²) in [5.74, 6) is 3.08. The predicted molar refractivity (Wildman–Crippen MR) is 143 cm³/mol. The van der Waals surface area contributed by atoms with Crippen molar-refractivity contribution < 1.29 is 9.53 Å². The number of carbonyl (C=O) groups excluding carboxylic acids is 1. The molecule has 8 nitrogen and oxygen atoms in total. The lowest BCUT2D eigenvalue weighted by atomic mass is 9.48. The maximum absolute atomic E-state index is 13.0. The van der Waals surface area contributed by atoms with E-state index in [-0.39, 0.29) is 6.09 Å². The highest BCUT2D eigenvalue weighted by molar-refractivity contribution is 6.31. The first-order chi connectivity index (χ1) is 17.6. The molecule has 0 aliphatic heterocycles. The molecular formula is C28H35ClN6O2. The van der Waals surface area contributed by atoms with Gasteiger partial charge in [-0.25, -0.2) is 9.78 Å². The van der Waals surface area contributed by atoms with Crippen molar-refractivity contribution in [1.82, 2.24) is 15.3 Å². The number of carbonyl (C=O) groups is 1. The fraction of sp³-hybridized carbons (Fsp3) is 0.571. The fourth-order valence-electron chi connectivity index (χ4n) is 6.79. The van der Waals surface area contributed by atoms with Crippen molar-refractivity contribution in [2.75, 3.05) is 17.2 Å². The third-order valence-corrected chi connectivity index (χ3v) is 8.55. The molecule has 4 aliphatic carbocycles. The molecule has 4 bridgehead atoms. The lowest BCUT2D eigenvalue weighted by molar-refractivity contribution is -0.0691. The van der Waals surface area contributed by atoms with Crippen LogP contribution in [0.1, 0.15) is 64.0 Å². The van der Waals surface area contributed by atoms with E-state index in [0.29, 0.717) is 47.3 Å². The molecule has 1 aromatic carbocycles. The molecule has 1 aromatic heterocycles. The largest absolute Gasteiger partial charge is 0.444 e. The number of nitriles is 1. The first-order valence-corrected chi connectivity index (χ1v) is 13.5. The Bertz CT molecular complexity index is 1180. The van der Waals surface area contributed by atoms with Crippen molar-refractivity contribution in [1.29, 1.82) is 5.26 Å². The molecule has 9 heteroatoms. The quantitative estimate of drug-likeness (QED) is 0.424. The molecule has 4 saturated carbocycles. The molecule has 0 unspecified atom stereocenters. The summed E-state index contributed by atoms with van der Waals surface area (Å²) in [6, 6.07) is 9.79. The Morgan fingerprint density at radius 3 is 2.43 bits per heavy atom. The van der Waals surface area contributed by atoms with Gasteiger partial charge in [0.25, 0.3) is 0 Å². The smallest absolute Gasteiger partial charge is 0.408 e. The zero-order valence-electron chi connectivity index (χ0n) is 21.7. The van der Waals surface area contributed by atoms with E-state index in [1.54, 1.807) is 0 Å². The Balaban J connectivity index is 1.36. The van der Waals surface area contributed by atoms with Crippen LogP contribution in [0.2, 0.25) is 5.02 Å². The van der Waals surface area contributed by atoms with E-state index in [1.807, 2.05) is 45.0 Å². The van der Waals surface area contributed by atoms with Crippen LogP contribution in [0.3, 0.4) is 0 Å². The molecule has 0 saturated heterocycles. The Labute approximate surface area is 223 Å². The maximum atomic E-state index is 13.0. The summed E-state index contributed by atoms with van der Waals surface area (Å²) in [6.07, 6.45) is 6.91. The summed E-state index contributed by atoms with van der Waals surface area (Å²) in [5.41, 5.74) is 0.270. The minimum atomic E-state index is -0.576. The van der Waals surface area contributed by atoms with E-state index in [1.165, 1.54) is 12.6 Å². The van der Waals surface area contributed by atoms with Crippen LogP contribution in [0, 0.1) is 35.0 Å². The highest BCUT2D eigenvalue weighted by Crippen LogP contribution is 2.58. The SMILES string of the molecule is CC(C)(C)OC(=O)N[C@]1(CNc2nc(NCc3ccccc3Cl)ncc2C#N)[C@@H]2CC3C[C@H](C2)C[C@@H]1C3. The number of aromatic nitrogens is 2. The van der Waals surface area contributed by atoms with Crippen LogP contribution < -0.4 is 16.0 Å². The van der Waals surface area contributed by atoms with E-state index in [2.05, 4.69) is 32.0 Å². The van der Waals surface area contributed by atoms with E-state index < -0.39 is 11.1 Å². The highest BCUT2D eigenvalue weighted by Gasteiger charge is 2.58. The number of ether oxygens (including phenoxy) is 1. The van der Waals surface area contributed by atoms with Crippen molar-refractivity contribution in [3.63, 3.8) is 0 Å². The lowest BCUT2D eigenvalue weighted by Crippen LogP contribution is -2.69. The molecule has 196 valence electrons. The van der Waals surface area contributed by atoms with E-state index in [4.69, 9.17) is 16.3 Å². The first-order valence-electron chi connectivity index (χ1n) is 13.1. The van der Waals surface area contributed by atoms with E-state index in [0.717, 1.165) is 43.1 Å². The van der Waals surface area contributed by atoms with Crippen molar-refractivity contribution in [2.24, 2.45) is 23.7 Å². The minimum absolute atomic E-state index is 0.361. The van der Waals surface area contributed by atoms with Crippen molar-refractivity contribution in [2.45, 2.75) is 70.6 Å². The normalized spacial score (nSPS) is 27.9. The van der Waals surface area contributed by atoms with Crippen LogP contribution in [0.15, 0.2) is 30.5 Å². The average Bonchev–Trinajstić information content (AvgIpc) is 2.83. The van der Waals surface area contributed by atoms with Crippen LogP contribution in [0.4, 0.5) is 16.6 Å². The molecule has 6 rings (SSSR count). The minimum Gasteiger partial charge on any atom is -0.444 e. The molecule has 0 atom stereocenters. The standard InChI is InChI=1S/C28H35ClN6O2/c1-27(2,3)37-26(36)35-28(21-9-17-8-18(11-21)12-22(28)10-17)16-33-24-20(13-30)15-32-25(34-24)31-14-19-6-4-5-7-23(19)29/h4-7,15,17-18,21-22H,8-12,14,16H2,1-3H3,(H,35,36)(H2,31,32,33,34)/t17-,18?,21+,22-,28-. The summed E-state index contributed by atoms with van der Waals surface area (Å²) in [4.78, 5) is 22.0. The number of alkyl carbamates (subject to hydrolysis) is 1. The van der Waals surface area contributed by atoms with Gasteiger partial charge in [0, 0.05) is 18.1 Å². The third-order valence-electron chi connectivity index (χ3n) is 8.18. The number of amides is 1. The number of halogens is 1. The van der Waals surface area contributed by atoms with E-state index >= 15 is 0 Å². The van der Waals surface area contributed by atoms with Gasteiger partial charge in [-0.3, -0.25) is 0 Å². The number of benzene rings is 1. The molecule has 3 N–H and O–H groups in total. The molecule has 2 aromatic rings. The maximum Gasteiger partial charge on any atom is 0.408 e. The van der Waals surface area contributed by atoms with Gasteiger partial charge in [0.2, 0.25) is 5.95 Å². The number of nitrogens with zero attached hydrogens (tertiary/aromatic N) is 3. The summed E-state index contributed by atoms with van der Waals surface area (Å²) in [6.45, 7) is 6.58. The summed E-state index contributed by atoms with van der Waals surface area (Å²) in [5, 5.41) is 20.4. The van der Waals surface area contributed by atoms with Crippen LogP contribution >= 0.6 is 11.6 Å². The van der Waals surface area contributed by atoms with Crippen molar-refractivity contribution in [3.8, 4) is 6.07 Å². The molecule has 1 amide bonds. The molecule has 4 aliphatic rings. The first kappa shape index (κ1) is 25.6. The molecule has 0 spiro atoms. The number of hydrogen-bond acceptors (Lipinski definition) is 7. The summed E-state index contributed by atoms with van der Waals surface area (Å²) >= 11 is 6.28. The Morgan fingerprint density at radius 1 is 1.14 bits per heavy atom. The number of anilines is 2. The van der Waals surface area contributed by atoms with E-state index in [9.17, 15) is 10.1 Å². The zero-order valence-corrected chi connectivity index (χ0v) is 22.4. The summed E-state index contributed by atoms with van der Waals surface area (Å²) < 4.78 is 5.69.